The van der Waals surface area contributed by atoms with Gasteiger partial charge in [0.25, 0.3) is 0 Å². The van der Waals surface area contributed by atoms with E-state index in [1.165, 1.54) is 31.4 Å². The highest BCUT2D eigenvalue weighted by molar-refractivity contribution is 6.10. The summed E-state index contributed by atoms with van der Waals surface area (Å²) in [5.41, 5.74) is 5.64. The van der Waals surface area contributed by atoms with Crippen LogP contribution in [-0.2, 0) is 0 Å². The third kappa shape index (κ3) is 3.28. The van der Waals surface area contributed by atoms with Gasteiger partial charge in [-0.15, -0.1) is 0 Å². The Morgan fingerprint density at radius 1 is 1.09 bits per heavy atom. The van der Waals surface area contributed by atoms with E-state index in [-0.39, 0.29) is 16.9 Å². The van der Waals surface area contributed by atoms with Crippen molar-refractivity contribution in [2.45, 2.75) is 12.2 Å². The van der Waals surface area contributed by atoms with E-state index in [9.17, 15) is 18.0 Å². The second-order valence-corrected chi connectivity index (χ2v) is 4.67. The van der Waals surface area contributed by atoms with E-state index in [1.54, 1.807) is 24.3 Å². The summed E-state index contributed by atoms with van der Waals surface area (Å²) in [6.45, 7) is 0. The van der Waals surface area contributed by atoms with Crippen LogP contribution < -0.4 is 10.5 Å². The van der Waals surface area contributed by atoms with Gasteiger partial charge in [-0.05, 0) is 17.7 Å². The van der Waals surface area contributed by atoms with Crippen molar-refractivity contribution in [1.82, 2.24) is 0 Å². The zero-order chi connectivity index (χ0) is 16.3. The van der Waals surface area contributed by atoms with Crippen LogP contribution in [0, 0.1) is 0 Å². The van der Waals surface area contributed by atoms with Gasteiger partial charge in [0.2, 0.25) is 0 Å². The first kappa shape index (κ1) is 16.0. The molecule has 0 radical (unpaired) electrons. The predicted molar refractivity (Wildman–Crippen MR) is 75.9 cm³/mol. The van der Waals surface area contributed by atoms with E-state index in [4.69, 9.17) is 10.5 Å². The minimum atomic E-state index is -4.52. The minimum Gasteiger partial charge on any atom is -0.496 e. The molecule has 2 aromatic carbocycles. The van der Waals surface area contributed by atoms with Crippen molar-refractivity contribution in [1.29, 1.82) is 0 Å². The largest absolute Gasteiger partial charge is 0.496 e. The summed E-state index contributed by atoms with van der Waals surface area (Å²) in [7, 11) is 1.44. The predicted octanol–water partition coefficient (Wildman–Crippen LogP) is 3.49. The van der Waals surface area contributed by atoms with Crippen LogP contribution >= 0.6 is 0 Å². The average Bonchev–Trinajstić information content (AvgIpc) is 2.52. The highest BCUT2D eigenvalue weighted by Gasteiger charge is 2.37. The third-order valence-corrected chi connectivity index (χ3v) is 3.24. The Morgan fingerprint density at radius 3 is 2.23 bits per heavy atom. The van der Waals surface area contributed by atoms with Gasteiger partial charge < -0.3 is 10.5 Å². The molecule has 0 bridgehead atoms. The molecule has 22 heavy (non-hydrogen) atoms. The molecule has 0 amide bonds. The van der Waals surface area contributed by atoms with E-state index >= 15 is 0 Å². The Bertz CT molecular complexity index is 666. The van der Waals surface area contributed by atoms with Crippen LogP contribution in [-0.4, -0.2) is 19.1 Å². The van der Waals surface area contributed by atoms with E-state index < -0.39 is 12.2 Å². The molecule has 1 unspecified atom stereocenters. The highest BCUT2D eigenvalue weighted by atomic mass is 19.4. The van der Waals surface area contributed by atoms with Crippen LogP contribution in [0.4, 0.5) is 13.2 Å². The molecule has 116 valence electrons. The van der Waals surface area contributed by atoms with Crippen molar-refractivity contribution in [2.75, 3.05) is 7.11 Å². The Labute approximate surface area is 125 Å². The van der Waals surface area contributed by atoms with Gasteiger partial charge in [-0.25, -0.2) is 0 Å². The summed E-state index contributed by atoms with van der Waals surface area (Å²) in [5.74, 6) is 0.0770. The van der Waals surface area contributed by atoms with Gasteiger partial charge in [-0.1, -0.05) is 36.4 Å². The van der Waals surface area contributed by atoms with Crippen molar-refractivity contribution in [3.8, 4) is 5.75 Å². The van der Waals surface area contributed by atoms with Crippen LogP contribution in [0.2, 0.25) is 0 Å². The normalized spacial score (nSPS) is 12.8. The summed E-state index contributed by atoms with van der Waals surface area (Å²) in [6.07, 6.45) is -4.52. The number of nitrogens with two attached hydrogens (primary N) is 1. The molecular weight excluding hydrogens is 295 g/mol. The molecule has 6 heteroatoms. The smallest absolute Gasteiger partial charge is 0.407 e. The molecule has 0 saturated carbocycles. The molecule has 0 aliphatic heterocycles. The van der Waals surface area contributed by atoms with Gasteiger partial charge in [-0.2, -0.15) is 13.2 Å². The summed E-state index contributed by atoms with van der Waals surface area (Å²) >= 11 is 0. The van der Waals surface area contributed by atoms with Crippen molar-refractivity contribution >= 4 is 5.78 Å². The number of ketones is 1. The number of benzene rings is 2. The van der Waals surface area contributed by atoms with Crippen LogP contribution in [0.1, 0.15) is 27.5 Å². The summed E-state index contributed by atoms with van der Waals surface area (Å²) in [5, 5.41) is 0. The molecule has 0 heterocycles. The molecule has 0 saturated heterocycles. The van der Waals surface area contributed by atoms with Crippen molar-refractivity contribution in [3.05, 3.63) is 65.2 Å². The average molecular weight is 309 g/mol. The van der Waals surface area contributed by atoms with Gasteiger partial charge in [-0.3, -0.25) is 4.79 Å². The SMILES string of the molecule is COc1ccccc1C(=O)c1ccc(C(N)C(F)(F)F)cc1. The Balaban J connectivity index is 2.29. The monoisotopic (exact) mass is 309 g/mol. The number of methoxy groups -OCH3 is 1. The number of hydrogen-bond acceptors (Lipinski definition) is 3. The van der Waals surface area contributed by atoms with E-state index in [0.29, 0.717) is 11.3 Å². The fourth-order valence-corrected chi connectivity index (χ4v) is 2.02. The maximum atomic E-state index is 12.5. The minimum absolute atomic E-state index is 0.0934. The van der Waals surface area contributed by atoms with Crippen molar-refractivity contribution < 1.29 is 22.7 Å². The molecular formula is C16H14F3NO2. The summed E-state index contributed by atoms with van der Waals surface area (Å²) in [4.78, 5) is 12.4. The number of hydrogen-bond donors (Lipinski definition) is 1. The van der Waals surface area contributed by atoms with Crippen LogP contribution in [0.15, 0.2) is 48.5 Å². The van der Waals surface area contributed by atoms with Gasteiger partial charge in [0.1, 0.15) is 11.8 Å². The number of ether oxygens (including phenoxy) is 1. The lowest BCUT2D eigenvalue weighted by Gasteiger charge is -2.16. The van der Waals surface area contributed by atoms with Crippen LogP contribution in [0.5, 0.6) is 5.75 Å². The Kier molecular flexibility index (Phi) is 4.51. The molecule has 3 nitrogen and oxygen atoms in total. The summed E-state index contributed by atoms with van der Waals surface area (Å²) < 4.78 is 42.8. The zero-order valence-corrected chi connectivity index (χ0v) is 11.7. The second-order valence-electron chi connectivity index (χ2n) is 4.67. The molecule has 0 fully saturated rings. The first-order chi connectivity index (χ1) is 10.3. The molecule has 2 rings (SSSR count). The Morgan fingerprint density at radius 2 is 1.68 bits per heavy atom. The second kappa shape index (κ2) is 6.19. The van der Waals surface area contributed by atoms with E-state index in [2.05, 4.69) is 0 Å². The fourth-order valence-electron chi connectivity index (χ4n) is 2.02. The van der Waals surface area contributed by atoms with Gasteiger partial charge >= 0.3 is 6.18 Å². The first-order valence-electron chi connectivity index (χ1n) is 6.44. The number of carbonyl (C=O) groups is 1. The number of rotatable bonds is 4. The fraction of sp³-hybridized carbons (Fsp3) is 0.188. The molecule has 2 aromatic rings. The lowest BCUT2D eigenvalue weighted by Crippen LogP contribution is -2.28. The van der Waals surface area contributed by atoms with Crippen molar-refractivity contribution in [2.24, 2.45) is 5.73 Å². The number of carbonyl (C=O) groups excluding carboxylic acids is 1. The number of para-hydroxylation sites is 1. The third-order valence-electron chi connectivity index (χ3n) is 3.24. The zero-order valence-electron chi connectivity index (χ0n) is 11.7. The topological polar surface area (TPSA) is 52.3 Å². The standard InChI is InChI=1S/C16H14F3NO2/c1-22-13-5-3-2-4-12(13)14(21)10-6-8-11(9-7-10)15(20)16(17,18)19/h2-9,15H,20H2,1H3. The first-order valence-corrected chi connectivity index (χ1v) is 6.44. The number of alkyl halides is 3. The maximum absolute atomic E-state index is 12.5. The maximum Gasteiger partial charge on any atom is 0.407 e. The molecule has 2 N–H and O–H groups in total. The molecule has 0 aromatic heterocycles. The van der Waals surface area contributed by atoms with Crippen molar-refractivity contribution in [3.63, 3.8) is 0 Å². The summed E-state index contributed by atoms with van der Waals surface area (Å²) in [6, 6.07) is 9.65. The van der Waals surface area contributed by atoms with Crippen LogP contribution in [0.3, 0.4) is 0 Å². The molecule has 1 atom stereocenters. The van der Waals surface area contributed by atoms with Gasteiger partial charge in [0.15, 0.2) is 5.78 Å². The lowest BCUT2D eigenvalue weighted by atomic mass is 9.99. The van der Waals surface area contributed by atoms with Crippen LogP contribution in [0.25, 0.3) is 0 Å². The highest BCUT2D eigenvalue weighted by Crippen LogP contribution is 2.30. The van der Waals surface area contributed by atoms with Gasteiger partial charge in [0.05, 0.1) is 12.7 Å². The van der Waals surface area contributed by atoms with E-state index in [1.807, 2.05) is 0 Å². The molecule has 0 aliphatic carbocycles. The lowest BCUT2D eigenvalue weighted by molar-refractivity contribution is -0.149. The van der Waals surface area contributed by atoms with E-state index in [0.717, 1.165) is 0 Å². The van der Waals surface area contributed by atoms with Gasteiger partial charge in [0, 0.05) is 5.56 Å². The quantitative estimate of drug-likeness (QED) is 0.880. The molecule has 0 aliphatic rings. The number of halogens is 3. The molecule has 0 spiro atoms. The Hall–Kier alpha value is -2.34.